The molecule has 112 valence electrons. The molecule has 0 saturated carbocycles. The average molecular weight is 290 g/mol. The fourth-order valence-electron chi connectivity index (χ4n) is 1.65. The first-order chi connectivity index (χ1) is 9.71. The molecule has 0 aliphatic heterocycles. The van der Waals surface area contributed by atoms with E-state index >= 15 is 0 Å². The monoisotopic (exact) mass is 290 g/mol. The Kier molecular flexibility index (Phi) is 5.30. The molecule has 1 aromatic carbocycles. The van der Waals surface area contributed by atoms with Gasteiger partial charge in [-0.2, -0.15) is 5.26 Å². The summed E-state index contributed by atoms with van der Waals surface area (Å²) in [4.78, 5) is 22.9. The van der Waals surface area contributed by atoms with E-state index in [0.29, 0.717) is 11.1 Å². The number of benzene rings is 1. The first-order valence-electron chi connectivity index (χ1n) is 6.42. The molecule has 0 bridgehead atoms. The molecule has 0 fully saturated rings. The van der Waals surface area contributed by atoms with Crippen molar-refractivity contribution in [2.24, 2.45) is 0 Å². The Labute approximate surface area is 123 Å². The first kappa shape index (κ1) is 16.5. The zero-order chi connectivity index (χ0) is 16.0. The quantitative estimate of drug-likeness (QED) is 0.884. The maximum absolute atomic E-state index is 11.6. The second-order valence-electron chi connectivity index (χ2n) is 5.55. The summed E-state index contributed by atoms with van der Waals surface area (Å²) < 4.78 is 5.04. The zero-order valence-corrected chi connectivity index (χ0v) is 12.2. The number of ether oxygens (including phenoxy) is 1. The van der Waals surface area contributed by atoms with E-state index in [4.69, 9.17) is 10.00 Å². The number of nitriles is 1. The van der Waals surface area contributed by atoms with Crippen molar-refractivity contribution in [1.29, 1.82) is 5.26 Å². The zero-order valence-electron chi connectivity index (χ0n) is 12.2. The molecular weight excluding hydrogens is 272 g/mol. The summed E-state index contributed by atoms with van der Waals surface area (Å²) in [5.74, 6) is -1.16. The summed E-state index contributed by atoms with van der Waals surface area (Å²) in [5.41, 5.74) is 0.389. The van der Waals surface area contributed by atoms with Gasteiger partial charge in [0.15, 0.2) is 0 Å². The highest BCUT2D eigenvalue weighted by Crippen LogP contribution is 2.10. The second kappa shape index (κ2) is 6.75. The highest BCUT2D eigenvalue weighted by Gasteiger charge is 2.24. The maximum Gasteiger partial charge on any atom is 0.408 e. The van der Waals surface area contributed by atoms with E-state index in [2.05, 4.69) is 5.32 Å². The van der Waals surface area contributed by atoms with Crippen LogP contribution in [0.25, 0.3) is 0 Å². The number of rotatable bonds is 4. The van der Waals surface area contributed by atoms with Crippen LogP contribution in [0, 0.1) is 11.3 Å². The van der Waals surface area contributed by atoms with Crippen molar-refractivity contribution >= 4 is 12.1 Å². The van der Waals surface area contributed by atoms with Crippen LogP contribution in [0.2, 0.25) is 0 Å². The number of amides is 1. The van der Waals surface area contributed by atoms with E-state index in [0.717, 1.165) is 0 Å². The summed E-state index contributed by atoms with van der Waals surface area (Å²) in [6, 6.07) is 7.45. The number of alkyl carbamates (subject to hydrolysis) is 1. The molecule has 0 aromatic heterocycles. The van der Waals surface area contributed by atoms with E-state index in [-0.39, 0.29) is 6.42 Å². The molecule has 2 N–H and O–H groups in total. The SMILES string of the molecule is CC(C)(C)OC(=O)NC(Cc1cccc(C#N)c1)C(=O)O. The van der Waals surface area contributed by atoms with Crippen molar-refractivity contribution in [2.75, 3.05) is 0 Å². The lowest BCUT2D eigenvalue weighted by molar-refractivity contribution is -0.139. The van der Waals surface area contributed by atoms with E-state index in [1.165, 1.54) is 0 Å². The van der Waals surface area contributed by atoms with Gasteiger partial charge in [-0.1, -0.05) is 12.1 Å². The van der Waals surface area contributed by atoms with Gasteiger partial charge in [0.2, 0.25) is 0 Å². The number of hydrogen-bond donors (Lipinski definition) is 2. The molecule has 1 unspecified atom stereocenters. The van der Waals surface area contributed by atoms with Gasteiger partial charge in [-0.05, 0) is 38.5 Å². The van der Waals surface area contributed by atoms with Gasteiger partial charge >= 0.3 is 12.1 Å². The maximum atomic E-state index is 11.6. The first-order valence-corrected chi connectivity index (χ1v) is 6.42. The fourth-order valence-corrected chi connectivity index (χ4v) is 1.65. The van der Waals surface area contributed by atoms with Crippen molar-refractivity contribution in [3.05, 3.63) is 35.4 Å². The van der Waals surface area contributed by atoms with Crippen LogP contribution in [0.3, 0.4) is 0 Å². The number of nitrogens with zero attached hydrogens (tertiary/aromatic N) is 1. The lowest BCUT2D eigenvalue weighted by Crippen LogP contribution is -2.44. The molecule has 6 heteroatoms. The van der Waals surface area contributed by atoms with Crippen LogP contribution < -0.4 is 5.32 Å². The number of carbonyl (C=O) groups is 2. The van der Waals surface area contributed by atoms with Crippen molar-refractivity contribution in [1.82, 2.24) is 5.32 Å². The lowest BCUT2D eigenvalue weighted by Gasteiger charge is -2.22. The Morgan fingerprint density at radius 1 is 1.43 bits per heavy atom. The van der Waals surface area contributed by atoms with Crippen LogP contribution in [-0.4, -0.2) is 28.8 Å². The van der Waals surface area contributed by atoms with Crippen LogP contribution in [0.15, 0.2) is 24.3 Å². The number of carboxylic acids is 1. The largest absolute Gasteiger partial charge is 0.480 e. The molecule has 1 rings (SSSR count). The van der Waals surface area contributed by atoms with Gasteiger partial charge in [-0.3, -0.25) is 0 Å². The molecule has 0 aliphatic carbocycles. The third kappa shape index (κ3) is 5.95. The average Bonchev–Trinajstić information content (AvgIpc) is 2.36. The standard InChI is InChI=1S/C15H18N2O4/c1-15(2,3)21-14(20)17-12(13(18)19)8-10-5-4-6-11(7-10)9-16/h4-7,12H,8H2,1-3H3,(H,17,20)(H,18,19). The third-order valence-corrected chi connectivity index (χ3v) is 2.48. The molecular formula is C15H18N2O4. The predicted octanol–water partition coefficient (Wildman–Crippen LogP) is 2.08. The summed E-state index contributed by atoms with van der Waals surface area (Å²) >= 11 is 0. The van der Waals surface area contributed by atoms with Crippen LogP contribution in [-0.2, 0) is 16.0 Å². The number of hydrogen-bond acceptors (Lipinski definition) is 4. The Balaban J connectivity index is 2.77. The Morgan fingerprint density at radius 2 is 2.10 bits per heavy atom. The third-order valence-electron chi connectivity index (χ3n) is 2.48. The molecule has 6 nitrogen and oxygen atoms in total. The van der Waals surface area contributed by atoms with Gasteiger partial charge in [0.05, 0.1) is 11.6 Å². The molecule has 0 radical (unpaired) electrons. The smallest absolute Gasteiger partial charge is 0.408 e. The Bertz CT molecular complexity index is 570. The molecule has 1 atom stereocenters. The van der Waals surface area contributed by atoms with E-state index in [1.807, 2.05) is 6.07 Å². The highest BCUT2D eigenvalue weighted by molar-refractivity contribution is 5.80. The van der Waals surface area contributed by atoms with Gasteiger partial charge in [0.25, 0.3) is 0 Å². The number of carboxylic acid groups (broad SMARTS) is 1. The normalized spacial score (nSPS) is 12.1. The van der Waals surface area contributed by atoms with E-state index in [9.17, 15) is 14.7 Å². The summed E-state index contributed by atoms with van der Waals surface area (Å²) in [6.07, 6.45) is -0.712. The van der Waals surface area contributed by atoms with Crippen LogP contribution >= 0.6 is 0 Å². The minimum Gasteiger partial charge on any atom is -0.480 e. The van der Waals surface area contributed by atoms with Gasteiger partial charge in [-0.15, -0.1) is 0 Å². The summed E-state index contributed by atoms with van der Waals surface area (Å²) in [5, 5.41) is 20.3. The minimum absolute atomic E-state index is 0.0735. The summed E-state index contributed by atoms with van der Waals surface area (Å²) in [7, 11) is 0. The van der Waals surface area contributed by atoms with Gasteiger partial charge in [0, 0.05) is 6.42 Å². The number of aliphatic carboxylic acids is 1. The summed E-state index contributed by atoms with van der Waals surface area (Å²) in [6.45, 7) is 5.08. The molecule has 0 spiro atoms. The highest BCUT2D eigenvalue weighted by atomic mass is 16.6. The molecule has 0 aliphatic rings. The second-order valence-corrected chi connectivity index (χ2v) is 5.55. The van der Waals surface area contributed by atoms with E-state index in [1.54, 1.807) is 45.0 Å². The van der Waals surface area contributed by atoms with Crippen molar-refractivity contribution in [3.8, 4) is 6.07 Å². The molecule has 0 saturated heterocycles. The van der Waals surface area contributed by atoms with Crippen molar-refractivity contribution in [2.45, 2.75) is 38.8 Å². The molecule has 21 heavy (non-hydrogen) atoms. The van der Waals surface area contributed by atoms with Crippen LogP contribution in [0.5, 0.6) is 0 Å². The Hall–Kier alpha value is -2.55. The molecule has 1 amide bonds. The van der Waals surface area contributed by atoms with Gasteiger partial charge in [-0.25, -0.2) is 9.59 Å². The number of carbonyl (C=O) groups excluding carboxylic acids is 1. The van der Waals surface area contributed by atoms with E-state index < -0.39 is 23.7 Å². The predicted molar refractivity (Wildman–Crippen MR) is 75.7 cm³/mol. The van der Waals surface area contributed by atoms with Crippen LogP contribution in [0.4, 0.5) is 4.79 Å². The number of nitrogens with one attached hydrogen (secondary N) is 1. The minimum atomic E-state index is -1.16. The van der Waals surface area contributed by atoms with Crippen molar-refractivity contribution in [3.63, 3.8) is 0 Å². The van der Waals surface area contributed by atoms with Gasteiger partial charge < -0.3 is 15.2 Å². The molecule has 1 aromatic rings. The van der Waals surface area contributed by atoms with Crippen LogP contribution in [0.1, 0.15) is 31.9 Å². The van der Waals surface area contributed by atoms with Gasteiger partial charge in [0.1, 0.15) is 11.6 Å². The topological polar surface area (TPSA) is 99.4 Å². The lowest BCUT2D eigenvalue weighted by atomic mass is 10.0. The molecule has 0 heterocycles. The Morgan fingerprint density at radius 3 is 2.62 bits per heavy atom. The fraction of sp³-hybridized carbons (Fsp3) is 0.400. The van der Waals surface area contributed by atoms with Crippen molar-refractivity contribution < 1.29 is 19.4 Å².